The third kappa shape index (κ3) is 3.09. The van der Waals surface area contributed by atoms with E-state index in [1.54, 1.807) is 13.1 Å². The van der Waals surface area contributed by atoms with Crippen molar-refractivity contribution in [1.82, 2.24) is 14.9 Å². The predicted octanol–water partition coefficient (Wildman–Crippen LogP) is 1.67. The monoisotopic (exact) mass is 310 g/mol. The summed E-state index contributed by atoms with van der Waals surface area (Å²) in [7, 11) is -3.87. The van der Waals surface area contributed by atoms with Crippen LogP contribution in [0.25, 0.3) is 0 Å². The molecule has 21 heavy (non-hydrogen) atoms. The fraction of sp³-hybridized carbons (Fsp3) is 0.250. The highest BCUT2D eigenvalue weighted by Gasteiger charge is 2.24. The lowest BCUT2D eigenvalue weighted by Crippen LogP contribution is -2.27. The van der Waals surface area contributed by atoms with Crippen molar-refractivity contribution in [3.8, 4) is 0 Å². The first kappa shape index (κ1) is 15.1. The Balaban J connectivity index is 2.36. The molecule has 2 aromatic rings. The van der Waals surface area contributed by atoms with Crippen LogP contribution in [0, 0.1) is 17.0 Å². The van der Waals surface area contributed by atoms with E-state index >= 15 is 0 Å². The molecule has 0 saturated heterocycles. The molecule has 112 valence electrons. The van der Waals surface area contributed by atoms with E-state index in [0.29, 0.717) is 5.56 Å². The number of hydrogen-bond acceptors (Lipinski definition) is 5. The minimum Gasteiger partial charge on any atom is -0.285 e. The summed E-state index contributed by atoms with van der Waals surface area (Å²) in [5, 5.41) is 17.2. The molecule has 8 nitrogen and oxygen atoms in total. The van der Waals surface area contributed by atoms with Gasteiger partial charge in [-0.3, -0.25) is 15.2 Å². The molecule has 0 aliphatic heterocycles. The summed E-state index contributed by atoms with van der Waals surface area (Å²) >= 11 is 0. The maximum Gasteiger partial charge on any atom is 0.273 e. The second kappa shape index (κ2) is 5.62. The van der Waals surface area contributed by atoms with Crippen LogP contribution < -0.4 is 4.72 Å². The number of nitro benzene ring substituents is 1. The molecule has 1 atom stereocenters. The molecule has 0 aliphatic rings. The van der Waals surface area contributed by atoms with Gasteiger partial charge in [0.1, 0.15) is 0 Å². The van der Waals surface area contributed by atoms with Crippen molar-refractivity contribution in [2.75, 3.05) is 0 Å². The van der Waals surface area contributed by atoms with E-state index in [0.717, 1.165) is 0 Å². The van der Waals surface area contributed by atoms with Crippen LogP contribution in [-0.4, -0.2) is 23.5 Å². The number of aromatic amines is 1. The van der Waals surface area contributed by atoms with Gasteiger partial charge in [0.15, 0.2) is 0 Å². The first-order valence-corrected chi connectivity index (χ1v) is 7.56. The van der Waals surface area contributed by atoms with E-state index in [9.17, 15) is 18.5 Å². The molecule has 9 heteroatoms. The summed E-state index contributed by atoms with van der Waals surface area (Å²) in [5.41, 5.74) is 0.546. The highest BCUT2D eigenvalue weighted by Crippen LogP contribution is 2.25. The molecule has 1 unspecified atom stereocenters. The third-order valence-electron chi connectivity index (χ3n) is 3.09. The van der Waals surface area contributed by atoms with Gasteiger partial charge in [0.25, 0.3) is 5.69 Å². The molecule has 2 N–H and O–H groups in total. The van der Waals surface area contributed by atoms with Crippen LogP contribution in [0.1, 0.15) is 24.1 Å². The normalized spacial score (nSPS) is 13.0. The number of nitrogens with zero attached hydrogens (tertiary/aromatic N) is 2. The number of nitrogens with one attached hydrogen (secondary N) is 2. The SMILES string of the molecule is Cc1c([N+](=O)[O-])cccc1S(=O)(=O)NC(C)c1cn[nH]c1. The van der Waals surface area contributed by atoms with E-state index in [2.05, 4.69) is 14.9 Å². The smallest absolute Gasteiger partial charge is 0.273 e. The van der Waals surface area contributed by atoms with Gasteiger partial charge in [-0.1, -0.05) is 6.07 Å². The van der Waals surface area contributed by atoms with Crippen molar-refractivity contribution >= 4 is 15.7 Å². The largest absolute Gasteiger partial charge is 0.285 e. The third-order valence-corrected chi connectivity index (χ3v) is 4.78. The predicted molar refractivity (Wildman–Crippen MR) is 75.2 cm³/mol. The zero-order valence-electron chi connectivity index (χ0n) is 11.4. The van der Waals surface area contributed by atoms with Gasteiger partial charge in [0.05, 0.1) is 16.0 Å². The summed E-state index contributed by atoms with van der Waals surface area (Å²) in [5.74, 6) is 0. The minimum absolute atomic E-state index is 0.105. The van der Waals surface area contributed by atoms with E-state index in [-0.39, 0.29) is 16.1 Å². The van der Waals surface area contributed by atoms with Gasteiger partial charge in [0.2, 0.25) is 10.0 Å². The molecule has 0 radical (unpaired) electrons. The average molecular weight is 310 g/mol. The van der Waals surface area contributed by atoms with Crippen molar-refractivity contribution in [3.05, 3.63) is 51.8 Å². The Morgan fingerprint density at radius 3 is 2.71 bits per heavy atom. The minimum atomic E-state index is -3.87. The number of rotatable bonds is 5. The van der Waals surface area contributed by atoms with E-state index in [1.807, 2.05) is 0 Å². The van der Waals surface area contributed by atoms with Crippen molar-refractivity contribution in [1.29, 1.82) is 0 Å². The van der Waals surface area contributed by atoms with Crippen LogP contribution in [0.5, 0.6) is 0 Å². The van der Waals surface area contributed by atoms with E-state index in [4.69, 9.17) is 0 Å². The second-order valence-corrected chi connectivity index (χ2v) is 6.21. The maximum atomic E-state index is 12.4. The van der Waals surface area contributed by atoms with Crippen LogP contribution in [0.4, 0.5) is 5.69 Å². The average Bonchev–Trinajstić information content (AvgIpc) is 2.91. The summed E-state index contributed by atoms with van der Waals surface area (Å²) < 4.78 is 27.2. The molecule has 1 aromatic carbocycles. The zero-order valence-corrected chi connectivity index (χ0v) is 12.2. The number of nitro groups is 1. The molecule has 0 saturated carbocycles. The molecule has 0 fully saturated rings. The van der Waals surface area contributed by atoms with Crippen LogP contribution >= 0.6 is 0 Å². The van der Waals surface area contributed by atoms with Crippen molar-refractivity contribution in [2.45, 2.75) is 24.8 Å². The van der Waals surface area contributed by atoms with E-state index in [1.165, 1.54) is 31.3 Å². The molecule has 0 amide bonds. The molecule has 1 aromatic heterocycles. The second-order valence-electron chi connectivity index (χ2n) is 4.53. The summed E-state index contributed by atoms with van der Waals surface area (Å²) in [6, 6.07) is 3.45. The first-order chi connectivity index (χ1) is 9.83. The Hall–Kier alpha value is -2.26. The highest BCUT2D eigenvalue weighted by atomic mass is 32.2. The van der Waals surface area contributed by atoms with Crippen molar-refractivity contribution < 1.29 is 13.3 Å². The van der Waals surface area contributed by atoms with Crippen molar-refractivity contribution in [2.24, 2.45) is 0 Å². The van der Waals surface area contributed by atoms with Gasteiger partial charge in [0, 0.05) is 29.4 Å². The molecular formula is C12H14N4O4S. The van der Waals surface area contributed by atoms with Crippen LogP contribution in [-0.2, 0) is 10.0 Å². The lowest BCUT2D eigenvalue weighted by molar-refractivity contribution is -0.385. The Kier molecular flexibility index (Phi) is 4.05. The van der Waals surface area contributed by atoms with Gasteiger partial charge in [-0.15, -0.1) is 0 Å². The fourth-order valence-electron chi connectivity index (χ4n) is 1.95. The molecule has 0 bridgehead atoms. The lowest BCUT2D eigenvalue weighted by atomic mass is 10.2. The van der Waals surface area contributed by atoms with Gasteiger partial charge in [-0.25, -0.2) is 13.1 Å². The molecule has 0 aliphatic carbocycles. The number of H-pyrrole nitrogens is 1. The van der Waals surface area contributed by atoms with Crippen LogP contribution in [0.15, 0.2) is 35.5 Å². The molecule has 0 spiro atoms. The Morgan fingerprint density at radius 1 is 1.43 bits per heavy atom. The maximum absolute atomic E-state index is 12.4. The number of benzene rings is 1. The molecule has 2 rings (SSSR count). The fourth-order valence-corrected chi connectivity index (χ4v) is 3.45. The van der Waals surface area contributed by atoms with Gasteiger partial charge in [-0.2, -0.15) is 5.10 Å². The van der Waals surface area contributed by atoms with Crippen LogP contribution in [0.3, 0.4) is 0 Å². The highest BCUT2D eigenvalue weighted by molar-refractivity contribution is 7.89. The molecular weight excluding hydrogens is 296 g/mol. The quantitative estimate of drug-likeness (QED) is 0.643. The Labute approximate surface area is 121 Å². The standard InChI is InChI=1S/C12H14N4O4S/c1-8-11(16(17)18)4-3-5-12(8)21(19,20)15-9(2)10-6-13-14-7-10/h3-7,9,15H,1-2H3,(H,13,14). The summed E-state index contributed by atoms with van der Waals surface area (Å²) in [4.78, 5) is 10.2. The zero-order chi connectivity index (χ0) is 15.6. The van der Waals surface area contributed by atoms with Gasteiger partial charge in [-0.05, 0) is 19.9 Å². The molecule has 1 heterocycles. The van der Waals surface area contributed by atoms with Crippen molar-refractivity contribution in [3.63, 3.8) is 0 Å². The number of hydrogen-bond donors (Lipinski definition) is 2. The summed E-state index contributed by atoms with van der Waals surface area (Å²) in [6.07, 6.45) is 3.08. The van der Waals surface area contributed by atoms with Gasteiger partial charge >= 0.3 is 0 Å². The number of aromatic nitrogens is 2. The topological polar surface area (TPSA) is 118 Å². The van der Waals surface area contributed by atoms with Gasteiger partial charge < -0.3 is 0 Å². The lowest BCUT2D eigenvalue weighted by Gasteiger charge is -2.14. The number of sulfonamides is 1. The van der Waals surface area contributed by atoms with Crippen LogP contribution in [0.2, 0.25) is 0 Å². The first-order valence-electron chi connectivity index (χ1n) is 6.08. The summed E-state index contributed by atoms with van der Waals surface area (Å²) in [6.45, 7) is 3.07. The Bertz CT molecular complexity index is 756. The van der Waals surface area contributed by atoms with E-state index < -0.39 is 21.0 Å². The Morgan fingerprint density at radius 2 is 2.14 bits per heavy atom.